The second kappa shape index (κ2) is 9.75. The molecule has 2 N–H and O–H groups in total. The lowest BCUT2D eigenvalue weighted by atomic mass is 10.2. The first kappa shape index (κ1) is 17.9. The predicted octanol–water partition coefficient (Wildman–Crippen LogP) is -2.09. The molecule has 0 fully saturated rings. The first-order chi connectivity index (χ1) is 9.40. The number of ketones is 1. The Balaban J connectivity index is 4.03. The van der Waals surface area contributed by atoms with Gasteiger partial charge in [0, 0.05) is 6.42 Å². The molecule has 0 aromatic heterocycles. The van der Waals surface area contributed by atoms with Crippen molar-refractivity contribution in [2.24, 2.45) is 0 Å². The van der Waals surface area contributed by atoms with E-state index < -0.39 is 42.5 Å². The lowest BCUT2D eigenvalue weighted by Gasteiger charge is -2.03. The minimum atomic E-state index is -1.35. The normalized spacial score (nSPS) is 9.70. The van der Waals surface area contributed by atoms with Crippen LogP contribution in [0.2, 0.25) is 0 Å². The summed E-state index contributed by atoms with van der Waals surface area (Å²) in [5, 5.41) is 4.92. The molecular weight excluding hydrogens is 272 g/mol. The van der Waals surface area contributed by atoms with Crippen molar-refractivity contribution >= 4 is 29.7 Å². The van der Waals surface area contributed by atoms with Gasteiger partial charge in [-0.1, -0.05) is 0 Å². The molecule has 0 aliphatic carbocycles. The van der Waals surface area contributed by atoms with E-state index >= 15 is 0 Å². The molecule has 0 amide bonds. The molecule has 0 bridgehead atoms. The SMILES string of the molecule is CNCC(=O)OC(=O)CCC(=O)C(=O)OC(=O)CNC. The van der Waals surface area contributed by atoms with E-state index in [0.717, 1.165) is 0 Å². The summed E-state index contributed by atoms with van der Waals surface area (Å²) in [7, 11) is 2.96. The molecule has 0 unspecified atom stereocenters. The summed E-state index contributed by atoms with van der Waals surface area (Å²) in [4.78, 5) is 55.3. The van der Waals surface area contributed by atoms with E-state index in [4.69, 9.17) is 0 Å². The molecule has 0 radical (unpaired) electrons. The van der Waals surface area contributed by atoms with Crippen LogP contribution in [0.25, 0.3) is 0 Å². The van der Waals surface area contributed by atoms with Crippen molar-refractivity contribution in [1.29, 1.82) is 0 Å². The van der Waals surface area contributed by atoms with Crippen LogP contribution in [0.1, 0.15) is 12.8 Å². The zero-order valence-corrected chi connectivity index (χ0v) is 11.2. The Bertz CT molecular complexity index is 406. The topological polar surface area (TPSA) is 128 Å². The summed E-state index contributed by atoms with van der Waals surface area (Å²) in [6.45, 7) is -0.375. The van der Waals surface area contributed by atoms with Crippen LogP contribution in [0.15, 0.2) is 0 Å². The predicted molar refractivity (Wildman–Crippen MR) is 64.3 cm³/mol. The van der Waals surface area contributed by atoms with E-state index in [9.17, 15) is 24.0 Å². The summed E-state index contributed by atoms with van der Waals surface area (Å²) < 4.78 is 8.50. The molecule has 0 aliphatic rings. The Morgan fingerprint density at radius 3 is 1.75 bits per heavy atom. The molecule has 112 valence electrons. The van der Waals surface area contributed by atoms with Gasteiger partial charge in [0.15, 0.2) is 0 Å². The van der Waals surface area contributed by atoms with Crippen LogP contribution in [0.4, 0.5) is 0 Å². The van der Waals surface area contributed by atoms with Crippen molar-refractivity contribution in [2.45, 2.75) is 12.8 Å². The molecule has 0 aliphatic heterocycles. The summed E-state index contributed by atoms with van der Waals surface area (Å²) in [5.41, 5.74) is 0. The summed E-state index contributed by atoms with van der Waals surface area (Å²) in [6, 6.07) is 0. The van der Waals surface area contributed by atoms with Crippen molar-refractivity contribution < 1.29 is 33.4 Å². The van der Waals surface area contributed by atoms with Gasteiger partial charge in [-0.25, -0.2) is 4.79 Å². The number of likely N-dealkylation sites (N-methyl/N-ethyl adjacent to an activating group) is 2. The molecule has 0 aromatic rings. The van der Waals surface area contributed by atoms with Gasteiger partial charge in [-0.2, -0.15) is 0 Å². The molecule has 0 atom stereocenters. The van der Waals surface area contributed by atoms with E-state index in [2.05, 4.69) is 20.1 Å². The molecule has 9 nitrogen and oxygen atoms in total. The van der Waals surface area contributed by atoms with E-state index in [0.29, 0.717) is 0 Å². The van der Waals surface area contributed by atoms with Crippen LogP contribution in [-0.2, 0) is 33.4 Å². The highest BCUT2D eigenvalue weighted by molar-refractivity contribution is 6.35. The van der Waals surface area contributed by atoms with Crippen LogP contribution < -0.4 is 10.6 Å². The van der Waals surface area contributed by atoms with Gasteiger partial charge in [-0.3, -0.25) is 19.2 Å². The van der Waals surface area contributed by atoms with Crippen LogP contribution in [0, 0.1) is 0 Å². The van der Waals surface area contributed by atoms with Crippen molar-refractivity contribution in [3.63, 3.8) is 0 Å². The number of carbonyl (C=O) groups is 5. The standard InChI is InChI=1S/C11H16N2O7/c1-12-5-9(16)19-8(15)4-3-7(14)11(18)20-10(17)6-13-2/h12-13H,3-6H2,1-2H3. The highest BCUT2D eigenvalue weighted by atomic mass is 16.6. The van der Waals surface area contributed by atoms with Crippen LogP contribution in [-0.4, -0.2) is 56.8 Å². The second-order valence-corrected chi connectivity index (χ2v) is 3.59. The van der Waals surface area contributed by atoms with Crippen molar-refractivity contribution in [2.75, 3.05) is 27.2 Å². The van der Waals surface area contributed by atoms with Gasteiger partial charge in [0.2, 0.25) is 5.78 Å². The van der Waals surface area contributed by atoms with E-state index in [-0.39, 0.29) is 13.1 Å². The average Bonchev–Trinajstić information content (AvgIpc) is 2.36. The Hall–Kier alpha value is -2.13. The second-order valence-electron chi connectivity index (χ2n) is 3.59. The monoisotopic (exact) mass is 288 g/mol. The molecule has 0 heterocycles. The molecule has 20 heavy (non-hydrogen) atoms. The van der Waals surface area contributed by atoms with Crippen molar-refractivity contribution in [3.8, 4) is 0 Å². The van der Waals surface area contributed by atoms with Crippen molar-refractivity contribution in [1.82, 2.24) is 10.6 Å². The Kier molecular flexibility index (Phi) is 8.72. The quantitative estimate of drug-likeness (QED) is 0.293. The maximum Gasteiger partial charge on any atom is 0.382 e. The van der Waals surface area contributed by atoms with E-state index in [1.54, 1.807) is 0 Å². The number of hydrogen-bond donors (Lipinski definition) is 2. The van der Waals surface area contributed by atoms with Crippen LogP contribution >= 0.6 is 0 Å². The number of ether oxygens (including phenoxy) is 2. The fraction of sp³-hybridized carbons (Fsp3) is 0.545. The third kappa shape index (κ3) is 8.06. The number of rotatable bonds is 8. The third-order valence-electron chi connectivity index (χ3n) is 1.86. The number of nitrogens with one attached hydrogen (secondary N) is 2. The van der Waals surface area contributed by atoms with Gasteiger partial charge in [-0.15, -0.1) is 0 Å². The first-order valence-corrected chi connectivity index (χ1v) is 5.71. The molecule has 0 rings (SSSR count). The fourth-order valence-electron chi connectivity index (χ4n) is 1.02. The van der Waals surface area contributed by atoms with Gasteiger partial charge >= 0.3 is 23.9 Å². The van der Waals surface area contributed by atoms with Crippen LogP contribution in [0.3, 0.4) is 0 Å². The van der Waals surface area contributed by atoms with Crippen molar-refractivity contribution in [3.05, 3.63) is 0 Å². The lowest BCUT2D eigenvalue weighted by Crippen LogP contribution is -2.28. The van der Waals surface area contributed by atoms with E-state index in [1.165, 1.54) is 14.1 Å². The third-order valence-corrected chi connectivity index (χ3v) is 1.86. The smallest absolute Gasteiger partial charge is 0.382 e. The van der Waals surface area contributed by atoms with Gasteiger partial charge in [0.05, 0.1) is 19.5 Å². The maximum absolute atomic E-state index is 11.2. The number of Topliss-reactive ketones (excluding diaryl/α,β-unsaturated/α-hetero) is 1. The minimum Gasteiger partial charge on any atom is -0.392 e. The molecule has 9 heteroatoms. The number of carbonyl (C=O) groups excluding carboxylic acids is 5. The Morgan fingerprint density at radius 1 is 0.750 bits per heavy atom. The average molecular weight is 288 g/mol. The fourth-order valence-corrected chi connectivity index (χ4v) is 1.02. The highest BCUT2D eigenvalue weighted by Crippen LogP contribution is 1.97. The Morgan fingerprint density at radius 2 is 1.25 bits per heavy atom. The minimum absolute atomic E-state index is 0.153. The highest BCUT2D eigenvalue weighted by Gasteiger charge is 2.21. The summed E-state index contributed by atoms with van der Waals surface area (Å²) >= 11 is 0. The molecule has 0 saturated carbocycles. The first-order valence-electron chi connectivity index (χ1n) is 5.71. The number of hydrogen-bond acceptors (Lipinski definition) is 9. The molecule has 0 saturated heterocycles. The zero-order chi connectivity index (χ0) is 15.5. The van der Waals surface area contributed by atoms with E-state index in [1.807, 2.05) is 0 Å². The summed E-state index contributed by atoms with van der Waals surface area (Å²) in [6.07, 6.45) is -0.957. The molecule has 0 spiro atoms. The van der Waals surface area contributed by atoms with Gasteiger partial charge in [-0.05, 0) is 14.1 Å². The lowest BCUT2D eigenvalue weighted by molar-refractivity contribution is -0.164. The van der Waals surface area contributed by atoms with Gasteiger partial charge < -0.3 is 20.1 Å². The van der Waals surface area contributed by atoms with Gasteiger partial charge in [0.25, 0.3) is 0 Å². The summed E-state index contributed by atoms with van der Waals surface area (Å²) in [5.74, 6) is -5.03. The zero-order valence-electron chi connectivity index (χ0n) is 11.2. The molecule has 0 aromatic carbocycles. The Labute approximate surface area is 115 Å². The number of esters is 4. The van der Waals surface area contributed by atoms with Gasteiger partial charge in [0.1, 0.15) is 0 Å². The molecular formula is C11H16N2O7. The van der Waals surface area contributed by atoms with Crippen LogP contribution in [0.5, 0.6) is 0 Å². The maximum atomic E-state index is 11.2. The largest absolute Gasteiger partial charge is 0.392 e.